The third-order valence-electron chi connectivity index (χ3n) is 3.46. The van der Waals surface area contributed by atoms with Crippen LogP contribution in [0.15, 0.2) is 96.0 Å². The molecular weight excluding hydrogens is 316 g/mol. The van der Waals surface area contributed by atoms with E-state index in [1.165, 1.54) is 0 Å². The molecule has 0 aromatic heterocycles. The number of hydrogen-bond acceptors (Lipinski definition) is 2. The molecule has 0 aliphatic carbocycles. The van der Waals surface area contributed by atoms with Gasteiger partial charge in [-0.3, -0.25) is 4.99 Å². The Morgan fingerprint density at radius 3 is 1.92 bits per heavy atom. The fraction of sp³-hybridized carbons (Fsp3) is 0.167. The highest BCUT2D eigenvalue weighted by Crippen LogP contribution is 2.23. The third-order valence-corrected chi connectivity index (χ3v) is 3.46. The summed E-state index contributed by atoms with van der Waals surface area (Å²) in [6, 6.07) is 22.3. The molecule has 2 heteroatoms. The summed E-state index contributed by atoms with van der Waals surface area (Å²) < 4.78 is 0. The smallest absolute Gasteiger partial charge is 0.0994 e. The number of nitriles is 1. The SMILES string of the molecule is C/C=C(C#N)/C(=C\C(=NCC)c1ccccc1)c1ccccc1.C=CC. The molecule has 0 aliphatic heterocycles. The lowest BCUT2D eigenvalue weighted by atomic mass is 9.95. The van der Waals surface area contributed by atoms with E-state index in [-0.39, 0.29) is 0 Å². The number of benzene rings is 2. The second kappa shape index (κ2) is 12.2. The molecule has 0 amide bonds. The molecule has 0 unspecified atom stereocenters. The van der Waals surface area contributed by atoms with Crippen LogP contribution in [0, 0.1) is 11.3 Å². The van der Waals surface area contributed by atoms with Crippen LogP contribution in [0.2, 0.25) is 0 Å². The molecule has 0 atom stereocenters. The van der Waals surface area contributed by atoms with Gasteiger partial charge in [-0.25, -0.2) is 0 Å². The largest absolute Gasteiger partial charge is 0.285 e. The Bertz CT molecular complexity index is 804. The molecule has 0 saturated carbocycles. The van der Waals surface area contributed by atoms with Crippen molar-refractivity contribution in [3.63, 3.8) is 0 Å². The molecule has 26 heavy (non-hydrogen) atoms. The van der Waals surface area contributed by atoms with E-state index >= 15 is 0 Å². The van der Waals surface area contributed by atoms with Gasteiger partial charge in [0.2, 0.25) is 0 Å². The maximum absolute atomic E-state index is 9.47. The fourth-order valence-electron chi connectivity index (χ4n) is 2.35. The molecule has 0 spiro atoms. The van der Waals surface area contributed by atoms with Gasteiger partial charge >= 0.3 is 0 Å². The van der Waals surface area contributed by atoms with Crippen LogP contribution in [0.3, 0.4) is 0 Å². The first kappa shape index (κ1) is 20.9. The van der Waals surface area contributed by atoms with Crippen molar-refractivity contribution in [3.05, 3.63) is 102 Å². The van der Waals surface area contributed by atoms with E-state index in [4.69, 9.17) is 0 Å². The summed E-state index contributed by atoms with van der Waals surface area (Å²) in [6.45, 7) is 9.84. The highest BCUT2D eigenvalue weighted by Gasteiger charge is 2.09. The summed E-state index contributed by atoms with van der Waals surface area (Å²) in [5.74, 6) is 0. The minimum absolute atomic E-state index is 0.649. The zero-order valence-corrected chi connectivity index (χ0v) is 15.8. The van der Waals surface area contributed by atoms with Crippen LogP contribution in [-0.2, 0) is 0 Å². The van der Waals surface area contributed by atoms with Gasteiger partial charge in [-0.15, -0.1) is 6.58 Å². The molecule has 0 bridgehead atoms. The van der Waals surface area contributed by atoms with Crippen LogP contribution in [0.5, 0.6) is 0 Å². The highest BCUT2D eigenvalue weighted by atomic mass is 14.7. The summed E-state index contributed by atoms with van der Waals surface area (Å²) >= 11 is 0. The predicted molar refractivity (Wildman–Crippen MR) is 113 cm³/mol. The Morgan fingerprint density at radius 2 is 1.50 bits per heavy atom. The van der Waals surface area contributed by atoms with Gasteiger partial charge in [0.15, 0.2) is 0 Å². The lowest BCUT2D eigenvalue weighted by Crippen LogP contribution is -2.01. The van der Waals surface area contributed by atoms with Crippen LogP contribution in [0.4, 0.5) is 0 Å². The molecule has 2 rings (SSSR count). The summed E-state index contributed by atoms with van der Waals surface area (Å²) in [5.41, 5.74) is 4.50. The Morgan fingerprint density at radius 1 is 1.00 bits per heavy atom. The van der Waals surface area contributed by atoms with Crippen molar-refractivity contribution < 1.29 is 0 Å². The van der Waals surface area contributed by atoms with Gasteiger partial charge in [0.25, 0.3) is 0 Å². The van der Waals surface area contributed by atoms with E-state index < -0.39 is 0 Å². The van der Waals surface area contributed by atoms with E-state index in [1.54, 1.807) is 6.08 Å². The van der Waals surface area contributed by atoms with E-state index in [0.29, 0.717) is 12.1 Å². The van der Waals surface area contributed by atoms with E-state index in [0.717, 1.165) is 22.4 Å². The van der Waals surface area contributed by atoms with Crippen molar-refractivity contribution in [1.29, 1.82) is 5.26 Å². The van der Waals surface area contributed by atoms with Crippen LogP contribution in [0.1, 0.15) is 31.9 Å². The van der Waals surface area contributed by atoms with Crippen molar-refractivity contribution in [2.45, 2.75) is 20.8 Å². The van der Waals surface area contributed by atoms with E-state index in [1.807, 2.05) is 93.6 Å². The standard InChI is InChI=1S/C21H20N2.C3H6/c1-3-17(16-22)20(18-11-7-5-8-12-18)15-21(23-4-2)19-13-9-6-10-14-19;1-3-2/h3,5-15H,4H2,1-2H3;3H,1H2,2H3/b17-3+,20-15+,23-21?;. The molecule has 0 aliphatic rings. The zero-order valence-electron chi connectivity index (χ0n) is 15.8. The van der Waals surface area contributed by atoms with Crippen LogP contribution in [-0.4, -0.2) is 12.3 Å². The maximum Gasteiger partial charge on any atom is 0.0994 e. The van der Waals surface area contributed by atoms with Gasteiger partial charge in [0.1, 0.15) is 0 Å². The quantitative estimate of drug-likeness (QED) is 0.274. The second-order valence-corrected chi connectivity index (χ2v) is 5.37. The van der Waals surface area contributed by atoms with Gasteiger partial charge in [-0.1, -0.05) is 72.8 Å². The Labute approximate surface area is 157 Å². The van der Waals surface area contributed by atoms with Crippen LogP contribution in [0.25, 0.3) is 5.57 Å². The molecule has 0 fully saturated rings. The van der Waals surface area contributed by atoms with Crippen molar-refractivity contribution in [2.75, 3.05) is 6.54 Å². The molecule has 0 radical (unpaired) electrons. The second-order valence-electron chi connectivity index (χ2n) is 5.37. The molecule has 0 heterocycles. The first-order valence-electron chi connectivity index (χ1n) is 8.72. The van der Waals surface area contributed by atoms with E-state index in [9.17, 15) is 5.26 Å². The summed E-state index contributed by atoms with van der Waals surface area (Å²) in [5, 5.41) is 9.47. The van der Waals surface area contributed by atoms with Crippen LogP contribution >= 0.6 is 0 Å². The highest BCUT2D eigenvalue weighted by molar-refractivity contribution is 6.14. The van der Waals surface area contributed by atoms with E-state index in [2.05, 4.69) is 17.6 Å². The van der Waals surface area contributed by atoms with Crippen LogP contribution < -0.4 is 0 Å². The summed E-state index contributed by atoms with van der Waals surface area (Å²) in [4.78, 5) is 4.61. The lowest BCUT2D eigenvalue weighted by molar-refractivity contribution is 1.13. The predicted octanol–water partition coefficient (Wildman–Crippen LogP) is 6.24. The number of rotatable bonds is 5. The van der Waals surface area contributed by atoms with Gasteiger partial charge in [0, 0.05) is 12.1 Å². The zero-order chi connectivity index (χ0) is 19.2. The van der Waals surface area contributed by atoms with Gasteiger partial charge in [0.05, 0.1) is 17.4 Å². The number of nitrogens with zero attached hydrogens (tertiary/aromatic N) is 2. The number of aliphatic imine (C=N–C) groups is 1. The number of hydrogen-bond donors (Lipinski definition) is 0. The Kier molecular flexibility index (Phi) is 9.81. The molecule has 0 saturated heterocycles. The first-order chi connectivity index (χ1) is 12.7. The Hall–Kier alpha value is -3.18. The van der Waals surface area contributed by atoms with Gasteiger partial charge in [-0.2, -0.15) is 5.26 Å². The third kappa shape index (κ3) is 6.37. The average molecular weight is 342 g/mol. The summed E-state index contributed by atoms with van der Waals surface area (Å²) in [7, 11) is 0. The number of allylic oxidation sites excluding steroid dienone is 5. The van der Waals surface area contributed by atoms with Gasteiger partial charge < -0.3 is 0 Å². The lowest BCUT2D eigenvalue weighted by Gasteiger charge is -2.09. The molecule has 2 aromatic rings. The topological polar surface area (TPSA) is 36.1 Å². The molecule has 2 aromatic carbocycles. The van der Waals surface area contributed by atoms with Crippen molar-refractivity contribution in [1.82, 2.24) is 0 Å². The van der Waals surface area contributed by atoms with Crippen molar-refractivity contribution in [3.8, 4) is 6.07 Å². The maximum atomic E-state index is 9.47. The molecule has 0 N–H and O–H groups in total. The normalized spacial score (nSPS) is 11.8. The Balaban J connectivity index is 0.00000105. The minimum atomic E-state index is 0.649. The molecule has 132 valence electrons. The van der Waals surface area contributed by atoms with Gasteiger partial charge in [-0.05, 0) is 38.0 Å². The minimum Gasteiger partial charge on any atom is -0.285 e. The first-order valence-corrected chi connectivity index (χ1v) is 8.72. The van der Waals surface area contributed by atoms with Crippen molar-refractivity contribution in [2.24, 2.45) is 4.99 Å². The molecular formula is C24H26N2. The molecule has 2 nitrogen and oxygen atoms in total. The van der Waals surface area contributed by atoms with Crippen molar-refractivity contribution >= 4 is 11.3 Å². The fourth-order valence-corrected chi connectivity index (χ4v) is 2.35. The monoisotopic (exact) mass is 342 g/mol. The summed E-state index contributed by atoms with van der Waals surface area (Å²) in [6.07, 6.45) is 5.60. The average Bonchev–Trinajstić information content (AvgIpc) is 2.69.